The second-order valence-corrected chi connectivity index (χ2v) is 6.00. The maximum Gasteiger partial charge on any atom is 0.303 e. The molecule has 0 atom stereocenters. The SMILES string of the molecule is O=C(O)CCc1nc2cnc3ccccc3c2n1Cc1ccccc1. The van der Waals surface area contributed by atoms with Crippen molar-refractivity contribution in [2.45, 2.75) is 19.4 Å². The van der Waals surface area contributed by atoms with Gasteiger partial charge in [-0.15, -0.1) is 0 Å². The Kier molecular flexibility index (Phi) is 3.90. The number of benzene rings is 2. The molecule has 2 aromatic carbocycles. The van der Waals surface area contributed by atoms with Gasteiger partial charge in [0.25, 0.3) is 0 Å². The number of carbonyl (C=O) groups is 1. The van der Waals surface area contributed by atoms with Crippen molar-refractivity contribution in [3.8, 4) is 0 Å². The van der Waals surface area contributed by atoms with Crippen molar-refractivity contribution in [1.29, 1.82) is 0 Å². The number of para-hydroxylation sites is 1. The molecule has 0 unspecified atom stereocenters. The summed E-state index contributed by atoms with van der Waals surface area (Å²) in [4.78, 5) is 20.2. The predicted molar refractivity (Wildman–Crippen MR) is 96.5 cm³/mol. The van der Waals surface area contributed by atoms with Gasteiger partial charge in [0.15, 0.2) is 0 Å². The van der Waals surface area contributed by atoms with Crippen molar-refractivity contribution in [3.63, 3.8) is 0 Å². The number of nitrogens with zero attached hydrogens (tertiary/aromatic N) is 3. The van der Waals surface area contributed by atoms with Crippen LogP contribution in [-0.2, 0) is 17.8 Å². The topological polar surface area (TPSA) is 68.0 Å². The van der Waals surface area contributed by atoms with Crippen LogP contribution in [0.25, 0.3) is 21.9 Å². The fraction of sp³-hybridized carbons (Fsp3) is 0.150. The highest BCUT2D eigenvalue weighted by Gasteiger charge is 2.15. The number of aryl methyl sites for hydroxylation is 1. The lowest BCUT2D eigenvalue weighted by atomic mass is 10.1. The lowest BCUT2D eigenvalue weighted by Gasteiger charge is -2.10. The van der Waals surface area contributed by atoms with Gasteiger partial charge in [0.1, 0.15) is 11.3 Å². The first kappa shape index (κ1) is 15.3. The average Bonchev–Trinajstić information content (AvgIpc) is 2.99. The van der Waals surface area contributed by atoms with E-state index in [0.29, 0.717) is 13.0 Å². The van der Waals surface area contributed by atoms with Gasteiger partial charge < -0.3 is 9.67 Å². The quantitative estimate of drug-likeness (QED) is 0.606. The van der Waals surface area contributed by atoms with Crippen LogP contribution in [0.15, 0.2) is 60.8 Å². The summed E-state index contributed by atoms with van der Waals surface area (Å²) in [5.41, 5.74) is 3.87. The summed E-state index contributed by atoms with van der Waals surface area (Å²) >= 11 is 0. The zero-order valence-electron chi connectivity index (χ0n) is 13.6. The van der Waals surface area contributed by atoms with Crippen molar-refractivity contribution in [1.82, 2.24) is 14.5 Å². The van der Waals surface area contributed by atoms with Crippen LogP contribution in [0, 0.1) is 0 Å². The van der Waals surface area contributed by atoms with E-state index in [1.807, 2.05) is 42.5 Å². The van der Waals surface area contributed by atoms with Crippen molar-refractivity contribution in [2.75, 3.05) is 0 Å². The highest BCUT2D eigenvalue weighted by atomic mass is 16.4. The van der Waals surface area contributed by atoms with E-state index in [-0.39, 0.29) is 6.42 Å². The molecule has 0 aliphatic rings. The van der Waals surface area contributed by atoms with E-state index in [1.54, 1.807) is 6.20 Å². The van der Waals surface area contributed by atoms with Crippen LogP contribution in [0.4, 0.5) is 0 Å². The van der Waals surface area contributed by atoms with Gasteiger partial charge in [-0.25, -0.2) is 4.98 Å². The molecular weight excluding hydrogens is 314 g/mol. The van der Waals surface area contributed by atoms with E-state index >= 15 is 0 Å². The molecule has 5 nitrogen and oxygen atoms in total. The molecule has 0 radical (unpaired) electrons. The van der Waals surface area contributed by atoms with Gasteiger partial charge in [0, 0.05) is 18.4 Å². The summed E-state index contributed by atoms with van der Waals surface area (Å²) in [5, 5.41) is 10.1. The molecule has 1 N–H and O–H groups in total. The number of aliphatic carboxylic acids is 1. The molecule has 2 aromatic heterocycles. The Morgan fingerprint density at radius 1 is 1.00 bits per heavy atom. The number of fused-ring (bicyclic) bond motifs is 3. The summed E-state index contributed by atoms with van der Waals surface area (Å²) in [6.07, 6.45) is 2.22. The van der Waals surface area contributed by atoms with Crippen LogP contribution in [0.1, 0.15) is 17.8 Å². The fourth-order valence-electron chi connectivity index (χ4n) is 3.16. The molecule has 0 spiro atoms. The largest absolute Gasteiger partial charge is 0.481 e. The molecule has 0 fully saturated rings. The normalized spacial score (nSPS) is 11.2. The van der Waals surface area contributed by atoms with Crippen LogP contribution < -0.4 is 0 Å². The molecule has 0 saturated heterocycles. The van der Waals surface area contributed by atoms with E-state index in [2.05, 4.69) is 26.7 Å². The zero-order valence-corrected chi connectivity index (χ0v) is 13.6. The number of carboxylic acids is 1. The smallest absolute Gasteiger partial charge is 0.303 e. The molecule has 25 heavy (non-hydrogen) atoms. The molecule has 0 amide bonds. The highest BCUT2D eigenvalue weighted by Crippen LogP contribution is 2.26. The molecule has 0 aliphatic heterocycles. The molecule has 5 heteroatoms. The van der Waals surface area contributed by atoms with Gasteiger partial charge in [-0.3, -0.25) is 9.78 Å². The van der Waals surface area contributed by atoms with Crippen LogP contribution in [0.3, 0.4) is 0 Å². The van der Waals surface area contributed by atoms with Crippen LogP contribution >= 0.6 is 0 Å². The molecule has 4 rings (SSSR count). The number of aromatic nitrogens is 3. The molecule has 0 bridgehead atoms. The Morgan fingerprint density at radius 3 is 2.56 bits per heavy atom. The minimum absolute atomic E-state index is 0.0590. The van der Waals surface area contributed by atoms with E-state index in [0.717, 1.165) is 33.3 Å². The Morgan fingerprint density at radius 2 is 1.76 bits per heavy atom. The van der Waals surface area contributed by atoms with Gasteiger partial charge in [-0.1, -0.05) is 48.5 Å². The first-order chi connectivity index (χ1) is 12.2. The summed E-state index contributed by atoms with van der Waals surface area (Å²) in [6, 6.07) is 18.1. The number of hydrogen-bond donors (Lipinski definition) is 1. The summed E-state index contributed by atoms with van der Waals surface area (Å²) in [7, 11) is 0. The van der Waals surface area contributed by atoms with E-state index in [1.165, 1.54) is 0 Å². The maximum atomic E-state index is 11.0. The molecule has 4 aromatic rings. The Hall–Kier alpha value is -3.21. The van der Waals surface area contributed by atoms with Crippen LogP contribution in [0.2, 0.25) is 0 Å². The minimum Gasteiger partial charge on any atom is -0.481 e. The molecule has 0 aliphatic carbocycles. The Bertz CT molecular complexity index is 1050. The third-order valence-corrected chi connectivity index (χ3v) is 4.30. The average molecular weight is 331 g/mol. The predicted octanol–water partition coefficient (Wildman–Crippen LogP) is 3.65. The number of pyridine rings is 1. The number of carboxylic acid groups (broad SMARTS) is 1. The summed E-state index contributed by atoms with van der Waals surface area (Å²) in [5.74, 6) is -0.0410. The minimum atomic E-state index is -0.818. The molecule has 2 heterocycles. The second-order valence-electron chi connectivity index (χ2n) is 6.00. The van der Waals surface area contributed by atoms with Crippen molar-refractivity contribution >= 4 is 27.9 Å². The van der Waals surface area contributed by atoms with Gasteiger partial charge in [0.05, 0.1) is 23.7 Å². The van der Waals surface area contributed by atoms with Gasteiger partial charge in [-0.2, -0.15) is 0 Å². The summed E-state index contributed by atoms with van der Waals surface area (Å²) < 4.78 is 2.12. The third kappa shape index (κ3) is 2.96. The molecular formula is C20H17N3O2. The Labute approximate surface area is 144 Å². The number of hydrogen-bond acceptors (Lipinski definition) is 3. The van der Waals surface area contributed by atoms with Crippen LogP contribution in [0.5, 0.6) is 0 Å². The Balaban J connectivity index is 1.92. The lowest BCUT2D eigenvalue weighted by Crippen LogP contribution is -2.08. The maximum absolute atomic E-state index is 11.0. The van der Waals surface area contributed by atoms with Crippen molar-refractivity contribution < 1.29 is 9.90 Å². The highest BCUT2D eigenvalue weighted by molar-refractivity contribution is 6.02. The lowest BCUT2D eigenvalue weighted by molar-refractivity contribution is -0.137. The standard InChI is InChI=1S/C20H17N3O2/c24-19(25)11-10-18-22-17-12-21-16-9-5-4-8-15(16)20(17)23(18)13-14-6-2-1-3-7-14/h1-9,12H,10-11,13H2,(H,24,25). The van der Waals surface area contributed by atoms with Crippen molar-refractivity contribution in [2.24, 2.45) is 0 Å². The third-order valence-electron chi connectivity index (χ3n) is 4.30. The molecule has 0 saturated carbocycles. The van der Waals surface area contributed by atoms with E-state index < -0.39 is 5.97 Å². The van der Waals surface area contributed by atoms with Gasteiger partial charge in [-0.05, 0) is 11.6 Å². The zero-order chi connectivity index (χ0) is 17.2. The van der Waals surface area contributed by atoms with Gasteiger partial charge in [0.2, 0.25) is 0 Å². The van der Waals surface area contributed by atoms with E-state index in [9.17, 15) is 4.79 Å². The monoisotopic (exact) mass is 331 g/mol. The summed E-state index contributed by atoms with van der Waals surface area (Å²) in [6.45, 7) is 0.653. The number of rotatable bonds is 5. The number of imidazole rings is 1. The van der Waals surface area contributed by atoms with Crippen molar-refractivity contribution in [3.05, 3.63) is 72.2 Å². The molecule has 124 valence electrons. The fourth-order valence-corrected chi connectivity index (χ4v) is 3.16. The van der Waals surface area contributed by atoms with Crippen LogP contribution in [-0.4, -0.2) is 25.6 Å². The first-order valence-electron chi connectivity index (χ1n) is 8.21. The van der Waals surface area contributed by atoms with E-state index in [4.69, 9.17) is 5.11 Å². The first-order valence-corrected chi connectivity index (χ1v) is 8.21. The van der Waals surface area contributed by atoms with Gasteiger partial charge >= 0.3 is 5.97 Å². The second kappa shape index (κ2) is 6.36.